The van der Waals surface area contributed by atoms with Crippen molar-refractivity contribution in [2.24, 2.45) is 0 Å². The molecule has 1 aliphatic heterocycles. The fourth-order valence-corrected chi connectivity index (χ4v) is 3.26. The molecule has 1 aliphatic rings. The molecule has 1 aromatic carbocycles. The van der Waals surface area contributed by atoms with E-state index in [2.05, 4.69) is 28.3 Å². The normalized spacial score (nSPS) is 17.8. The standard InChI is InChI=1S/C19H23N5/c1-14-5-3-7-16(17(14)11-20)18-12-22-13-19(23-18)24(2)15-6-4-9-21-10-8-15/h3,5,7,12-13,15,21H,4,6,8-10H2,1-2H3. The van der Waals surface area contributed by atoms with E-state index < -0.39 is 0 Å². The van der Waals surface area contributed by atoms with Crippen LogP contribution in [-0.2, 0) is 0 Å². The molecule has 1 fully saturated rings. The maximum atomic E-state index is 9.46. The summed E-state index contributed by atoms with van der Waals surface area (Å²) in [6.45, 7) is 4.08. The van der Waals surface area contributed by atoms with Gasteiger partial charge in [0.05, 0.1) is 23.7 Å². The summed E-state index contributed by atoms with van der Waals surface area (Å²) in [5.41, 5.74) is 3.24. The molecule has 1 saturated heterocycles. The molecule has 5 heteroatoms. The summed E-state index contributed by atoms with van der Waals surface area (Å²) >= 11 is 0. The van der Waals surface area contributed by atoms with Crippen molar-refractivity contribution in [1.82, 2.24) is 15.3 Å². The van der Waals surface area contributed by atoms with Gasteiger partial charge in [0.2, 0.25) is 0 Å². The van der Waals surface area contributed by atoms with Crippen molar-refractivity contribution in [2.75, 3.05) is 25.0 Å². The Bertz CT molecular complexity index is 742. The van der Waals surface area contributed by atoms with Crippen LogP contribution in [0.25, 0.3) is 11.3 Å². The first-order valence-corrected chi connectivity index (χ1v) is 8.46. The lowest BCUT2D eigenvalue weighted by molar-refractivity contribution is 0.562. The Kier molecular flexibility index (Phi) is 5.07. The summed E-state index contributed by atoms with van der Waals surface area (Å²) in [6, 6.07) is 8.61. The molecule has 0 saturated carbocycles. The van der Waals surface area contributed by atoms with Gasteiger partial charge in [0, 0.05) is 18.7 Å². The summed E-state index contributed by atoms with van der Waals surface area (Å²) in [5, 5.41) is 12.9. The molecule has 2 heterocycles. The molecule has 0 aliphatic carbocycles. The quantitative estimate of drug-likeness (QED) is 0.941. The highest BCUT2D eigenvalue weighted by Gasteiger charge is 2.19. The topological polar surface area (TPSA) is 64.8 Å². The zero-order chi connectivity index (χ0) is 16.9. The van der Waals surface area contributed by atoms with Crippen LogP contribution in [0.4, 0.5) is 5.82 Å². The molecule has 0 spiro atoms. The second-order valence-electron chi connectivity index (χ2n) is 6.32. The molecule has 0 bridgehead atoms. The number of nitriles is 1. The van der Waals surface area contributed by atoms with Gasteiger partial charge in [0.15, 0.2) is 0 Å². The number of nitrogens with zero attached hydrogens (tertiary/aromatic N) is 4. The lowest BCUT2D eigenvalue weighted by atomic mass is 10.0. The molecule has 2 aromatic rings. The number of hydrogen-bond donors (Lipinski definition) is 1. The summed E-state index contributed by atoms with van der Waals surface area (Å²) in [6.07, 6.45) is 6.99. The average Bonchev–Trinajstić information content (AvgIpc) is 2.90. The van der Waals surface area contributed by atoms with E-state index in [1.165, 1.54) is 6.42 Å². The van der Waals surface area contributed by atoms with Crippen molar-refractivity contribution in [1.29, 1.82) is 5.26 Å². The smallest absolute Gasteiger partial charge is 0.147 e. The minimum atomic E-state index is 0.470. The molecule has 1 atom stereocenters. The lowest BCUT2D eigenvalue weighted by Crippen LogP contribution is -2.33. The molecule has 0 amide bonds. The van der Waals surface area contributed by atoms with Crippen molar-refractivity contribution in [3.05, 3.63) is 41.7 Å². The number of aromatic nitrogens is 2. The van der Waals surface area contributed by atoms with E-state index in [1.807, 2.05) is 31.3 Å². The highest BCUT2D eigenvalue weighted by molar-refractivity contribution is 5.69. The van der Waals surface area contributed by atoms with Crippen molar-refractivity contribution < 1.29 is 0 Å². The van der Waals surface area contributed by atoms with Crippen LogP contribution in [0.1, 0.15) is 30.4 Å². The Morgan fingerprint density at radius 2 is 2.12 bits per heavy atom. The second-order valence-corrected chi connectivity index (χ2v) is 6.32. The molecule has 1 unspecified atom stereocenters. The van der Waals surface area contributed by atoms with Crippen LogP contribution >= 0.6 is 0 Å². The number of nitrogens with one attached hydrogen (secondary N) is 1. The maximum absolute atomic E-state index is 9.46. The highest BCUT2D eigenvalue weighted by atomic mass is 15.2. The van der Waals surface area contributed by atoms with E-state index in [4.69, 9.17) is 4.98 Å². The third-order valence-electron chi connectivity index (χ3n) is 4.74. The van der Waals surface area contributed by atoms with Gasteiger partial charge in [-0.15, -0.1) is 0 Å². The van der Waals surface area contributed by atoms with Crippen LogP contribution in [0.5, 0.6) is 0 Å². The predicted molar refractivity (Wildman–Crippen MR) is 95.8 cm³/mol. The minimum absolute atomic E-state index is 0.470. The van der Waals surface area contributed by atoms with Gasteiger partial charge >= 0.3 is 0 Å². The molecule has 1 N–H and O–H groups in total. The van der Waals surface area contributed by atoms with Gasteiger partial charge in [-0.2, -0.15) is 5.26 Å². The van der Waals surface area contributed by atoms with Gasteiger partial charge in [-0.25, -0.2) is 4.98 Å². The number of benzene rings is 1. The van der Waals surface area contributed by atoms with Crippen molar-refractivity contribution >= 4 is 5.82 Å². The maximum Gasteiger partial charge on any atom is 0.147 e. The van der Waals surface area contributed by atoms with Crippen molar-refractivity contribution in [3.63, 3.8) is 0 Å². The van der Waals surface area contributed by atoms with E-state index >= 15 is 0 Å². The zero-order valence-corrected chi connectivity index (χ0v) is 14.3. The lowest BCUT2D eigenvalue weighted by Gasteiger charge is -2.28. The van der Waals surface area contributed by atoms with Crippen LogP contribution in [0, 0.1) is 18.3 Å². The largest absolute Gasteiger partial charge is 0.355 e. The summed E-state index contributed by atoms with van der Waals surface area (Å²) in [4.78, 5) is 11.4. The summed E-state index contributed by atoms with van der Waals surface area (Å²) in [5.74, 6) is 0.866. The van der Waals surface area contributed by atoms with E-state index in [1.54, 1.807) is 6.20 Å². The van der Waals surface area contributed by atoms with Gasteiger partial charge in [-0.3, -0.25) is 4.98 Å². The molecular formula is C19H23N5. The van der Waals surface area contributed by atoms with Gasteiger partial charge in [-0.1, -0.05) is 18.2 Å². The third-order valence-corrected chi connectivity index (χ3v) is 4.74. The summed E-state index contributed by atoms with van der Waals surface area (Å²) in [7, 11) is 2.09. The van der Waals surface area contributed by atoms with E-state index in [0.29, 0.717) is 11.6 Å². The zero-order valence-electron chi connectivity index (χ0n) is 14.3. The molecule has 1 aromatic heterocycles. The second kappa shape index (κ2) is 7.41. The summed E-state index contributed by atoms with van der Waals surface area (Å²) < 4.78 is 0. The average molecular weight is 321 g/mol. The fraction of sp³-hybridized carbons (Fsp3) is 0.421. The Balaban J connectivity index is 1.92. The van der Waals surface area contributed by atoms with E-state index in [-0.39, 0.29) is 0 Å². The van der Waals surface area contributed by atoms with Gasteiger partial charge in [0.1, 0.15) is 11.9 Å². The SMILES string of the molecule is Cc1cccc(-c2cncc(N(C)C3CCCNCC3)n2)c1C#N. The molecular weight excluding hydrogens is 298 g/mol. The minimum Gasteiger partial charge on any atom is -0.355 e. The van der Waals surface area contributed by atoms with Crippen LogP contribution in [0.2, 0.25) is 0 Å². The molecule has 24 heavy (non-hydrogen) atoms. The fourth-order valence-electron chi connectivity index (χ4n) is 3.26. The van der Waals surface area contributed by atoms with E-state index in [9.17, 15) is 5.26 Å². The first kappa shape index (κ1) is 16.4. The first-order valence-electron chi connectivity index (χ1n) is 8.46. The molecule has 124 valence electrons. The Hall–Kier alpha value is -2.45. The number of rotatable bonds is 3. The monoisotopic (exact) mass is 321 g/mol. The number of hydrogen-bond acceptors (Lipinski definition) is 5. The molecule has 0 radical (unpaired) electrons. The van der Waals surface area contributed by atoms with Gasteiger partial charge < -0.3 is 10.2 Å². The van der Waals surface area contributed by atoms with Crippen LogP contribution < -0.4 is 10.2 Å². The van der Waals surface area contributed by atoms with Gasteiger partial charge in [-0.05, 0) is 44.8 Å². The first-order chi connectivity index (χ1) is 11.7. The van der Waals surface area contributed by atoms with E-state index in [0.717, 1.165) is 48.6 Å². The number of aryl methyl sites for hydroxylation is 1. The van der Waals surface area contributed by atoms with Gasteiger partial charge in [0.25, 0.3) is 0 Å². The molecule has 3 rings (SSSR count). The predicted octanol–water partition coefficient (Wildman–Crippen LogP) is 2.90. The highest BCUT2D eigenvalue weighted by Crippen LogP contribution is 2.26. The Morgan fingerprint density at radius 1 is 1.25 bits per heavy atom. The Labute approximate surface area is 143 Å². The molecule has 5 nitrogen and oxygen atoms in total. The van der Waals surface area contributed by atoms with Crippen molar-refractivity contribution in [3.8, 4) is 17.3 Å². The van der Waals surface area contributed by atoms with Crippen LogP contribution in [0.15, 0.2) is 30.6 Å². The third kappa shape index (κ3) is 3.39. The van der Waals surface area contributed by atoms with Crippen molar-refractivity contribution in [2.45, 2.75) is 32.2 Å². The number of anilines is 1. The van der Waals surface area contributed by atoms with Crippen LogP contribution in [-0.4, -0.2) is 36.1 Å². The van der Waals surface area contributed by atoms with Crippen LogP contribution in [0.3, 0.4) is 0 Å². The Morgan fingerprint density at radius 3 is 2.96 bits per heavy atom.